The third kappa shape index (κ3) is 2.01. The van der Waals surface area contributed by atoms with Gasteiger partial charge in [-0.05, 0) is 37.4 Å². The molecule has 0 radical (unpaired) electrons. The van der Waals surface area contributed by atoms with Crippen LogP contribution in [-0.4, -0.2) is 21.8 Å². The fourth-order valence-electron chi connectivity index (χ4n) is 3.07. The Morgan fingerprint density at radius 2 is 1.61 bits per heavy atom. The minimum Gasteiger partial charge on any atom is -0.288 e. The van der Waals surface area contributed by atoms with Gasteiger partial charge in [0.2, 0.25) is 0 Å². The lowest BCUT2D eigenvalue weighted by atomic mass is 9.91. The number of rotatable bonds is 1. The number of benzene rings is 2. The first kappa shape index (κ1) is 13.6. The van der Waals surface area contributed by atoms with Crippen LogP contribution in [0.15, 0.2) is 36.4 Å². The van der Waals surface area contributed by atoms with Crippen molar-refractivity contribution >= 4 is 22.6 Å². The molecule has 5 nitrogen and oxygen atoms in total. The van der Waals surface area contributed by atoms with Crippen molar-refractivity contribution in [2.24, 2.45) is 0 Å². The largest absolute Gasteiger partial charge is 0.288 e. The maximum absolute atomic E-state index is 12.5. The van der Waals surface area contributed by atoms with E-state index >= 15 is 0 Å². The Morgan fingerprint density at radius 3 is 2.35 bits per heavy atom. The number of hydrogen-bond acceptors (Lipinski definition) is 4. The van der Waals surface area contributed by atoms with E-state index in [1.807, 2.05) is 44.2 Å². The summed E-state index contributed by atoms with van der Waals surface area (Å²) in [6.45, 7) is 3.78. The van der Waals surface area contributed by atoms with Gasteiger partial charge in [-0.25, -0.2) is 9.97 Å². The van der Waals surface area contributed by atoms with Gasteiger partial charge in [-0.15, -0.1) is 0 Å². The van der Waals surface area contributed by atoms with Crippen molar-refractivity contribution in [2.45, 2.75) is 13.8 Å². The lowest BCUT2D eigenvalue weighted by molar-refractivity contribution is 0.0845. The molecule has 0 atom stereocenters. The molecular weight excluding hydrogens is 290 g/mol. The number of amides is 2. The number of carbonyl (C=O) groups excluding carboxylic acids is 2. The van der Waals surface area contributed by atoms with E-state index in [4.69, 9.17) is 0 Å². The predicted octanol–water partition coefficient (Wildman–Crippen LogP) is 2.80. The van der Waals surface area contributed by atoms with Crippen LogP contribution in [0.5, 0.6) is 0 Å². The number of carbonyl (C=O) groups is 2. The van der Waals surface area contributed by atoms with Crippen LogP contribution in [0, 0.1) is 13.8 Å². The number of aromatic nitrogens is 2. The smallest absolute Gasteiger partial charge is 0.259 e. The third-order valence-corrected chi connectivity index (χ3v) is 3.97. The SMILES string of the molecule is Cc1cc(C)nc(-c2ccc3cccc4c3c2C(=O)NC4=O)n1. The lowest BCUT2D eigenvalue weighted by Crippen LogP contribution is -2.35. The van der Waals surface area contributed by atoms with Crippen LogP contribution < -0.4 is 5.32 Å². The summed E-state index contributed by atoms with van der Waals surface area (Å²) in [5.41, 5.74) is 3.27. The zero-order valence-corrected chi connectivity index (χ0v) is 12.7. The molecule has 0 saturated carbocycles. The minimum atomic E-state index is -0.406. The highest BCUT2D eigenvalue weighted by Gasteiger charge is 2.28. The maximum Gasteiger partial charge on any atom is 0.259 e. The third-order valence-electron chi connectivity index (χ3n) is 3.97. The molecule has 0 spiro atoms. The molecule has 1 aromatic heterocycles. The first-order chi connectivity index (χ1) is 11.0. The highest BCUT2D eigenvalue weighted by atomic mass is 16.2. The van der Waals surface area contributed by atoms with E-state index in [1.54, 1.807) is 6.07 Å². The molecule has 2 amide bonds. The Bertz CT molecular complexity index is 988. The number of nitrogens with zero attached hydrogens (tertiary/aromatic N) is 2. The average molecular weight is 303 g/mol. The van der Waals surface area contributed by atoms with Crippen LogP contribution in [0.2, 0.25) is 0 Å². The van der Waals surface area contributed by atoms with Gasteiger partial charge >= 0.3 is 0 Å². The second kappa shape index (κ2) is 4.71. The molecule has 2 heterocycles. The fraction of sp³-hybridized carbons (Fsp3) is 0.111. The summed E-state index contributed by atoms with van der Waals surface area (Å²) in [6.07, 6.45) is 0. The van der Waals surface area contributed by atoms with Crippen molar-refractivity contribution in [3.05, 3.63) is 58.9 Å². The van der Waals surface area contributed by atoms with Gasteiger partial charge in [0.05, 0.1) is 5.56 Å². The molecule has 112 valence electrons. The molecule has 1 aliphatic rings. The lowest BCUT2D eigenvalue weighted by Gasteiger charge is -2.19. The normalized spacial score (nSPS) is 13.3. The van der Waals surface area contributed by atoms with Gasteiger partial charge in [0.1, 0.15) is 0 Å². The van der Waals surface area contributed by atoms with Crippen LogP contribution in [0.25, 0.3) is 22.2 Å². The Labute approximate surface area is 132 Å². The summed E-state index contributed by atoms with van der Waals surface area (Å²) in [6, 6.07) is 11.0. The molecule has 0 fully saturated rings. The van der Waals surface area contributed by atoms with Crippen molar-refractivity contribution in [2.75, 3.05) is 0 Å². The molecule has 0 bridgehead atoms. The van der Waals surface area contributed by atoms with Crippen LogP contribution in [0.1, 0.15) is 32.1 Å². The van der Waals surface area contributed by atoms with Gasteiger partial charge in [-0.3, -0.25) is 14.9 Å². The summed E-state index contributed by atoms with van der Waals surface area (Å²) in [7, 11) is 0. The van der Waals surface area contributed by atoms with Gasteiger partial charge in [-0.1, -0.05) is 18.2 Å². The Balaban J connectivity index is 2.13. The summed E-state index contributed by atoms with van der Waals surface area (Å²) in [5.74, 6) is -0.276. The van der Waals surface area contributed by atoms with Crippen molar-refractivity contribution in [3.63, 3.8) is 0 Å². The maximum atomic E-state index is 12.5. The molecule has 1 aliphatic heterocycles. The van der Waals surface area contributed by atoms with Crippen molar-refractivity contribution in [3.8, 4) is 11.4 Å². The number of aryl methyl sites for hydroxylation is 2. The molecule has 3 aromatic rings. The molecule has 1 N–H and O–H groups in total. The van der Waals surface area contributed by atoms with Crippen LogP contribution in [0.4, 0.5) is 0 Å². The molecule has 0 unspecified atom stereocenters. The second-order valence-corrected chi connectivity index (χ2v) is 5.65. The van der Waals surface area contributed by atoms with E-state index in [1.165, 1.54) is 0 Å². The first-order valence-electron chi connectivity index (χ1n) is 7.28. The van der Waals surface area contributed by atoms with Crippen LogP contribution in [0.3, 0.4) is 0 Å². The number of hydrogen-bond donors (Lipinski definition) is 1. The van der Waals surface area contributed by atoms with Crippen LogP contribution in [-0.2, 0) is 0 Å². The number of imide groups is 1. The number of nitrogens with one attached hydrogen (secondary N) is 1. The second-order valence-electron chi connectivity index (χ2n) is 5.65. The summed E-state index contributed by atoms with van der Waals surface area (Å²) < 4.78 is 0. The topological polar surface area (TPSA) is 72.0 Å². The van der Waals surface area contributed by atoms with Gasteiger partial charge in [0.25, 0.3) is 11.8 Å². The fourth-order valence-corrected chi connectivity index (χ4v) is 3.07. The quantitative estimate of drug-likeness (QED) is 0.702. The van der Waals surface area contributed by atoms with Gasteiger partial charge in [0, 0.05) is 27.9 Å². The molecule has 0 saturated heterocycles. The van der Waals surface area contributed by atoms with E-state index in [2.05, 4.69) is 15.3 Å². The Morgan fingerprint density at radius 1 is 0.870 bits per heavy atom. The average Bonchev–Trinajstić information content (AvgIpc) is 2.51. The van der Waals surface area contributed by atoms with Gasteiger partial charge in [0.15, 0.2) is 5.82 Å². The van der Waals surface area contributed by atoms with E-state index in [0.29, 0.717) is 27.9 Å². The summed E-state index contributed by atoms with van der Waals surface area (Å²) in [4.78, 5) is 33.4. The highest BCUT2D eigenvalue weighted by molar-refractivity contribution is 6.27. The van der Waals surface area contributed by atoms with Crippen molar-refractivity contribution < 1.29 is 9.59 Å². The van der Waals surface area contributed by atoms with E-state index in [9.17, 15) is 9.59 Å². The summed E-state index contributed by atoms with van der Waals surface area (Å²) >= 11 is 0. The molecular formula is C18H13N3O2. The zero-order chi connectivity index (χ0) is 16.1. The Hall–Kier alpha value is -3.08. The molecule has 23 heavy (non-hydrogen) atoms. The molecule has 2 aromatic carbocycles. The monoisotopic (exact) mass is 303 g/mol. The van der Waals surface area contributed by atoms with Gasteiger partial charge < -0.3 is 0 Å². The minimum absolute atomic E-state index is 0.369. The van der Waals surface area contributed by atoms with Crippen molar-refractivity contribution in [1.82, 2.24) is 15.3 Å². The van der Waals surface area contributed by atoms with E-state index < -0.39 is 5.91 Å². The van der Waals surface area contributed by atoms with E-state index in [-0.39, 0.29) is 5.91 Å². The highest BCUT2D eigenvalue weighted by Crippen LogP contribution is 2.33. The van der Waals surface area contributed by atoms with E-state index in [0.717, 1.165) is 16.8 Å². The van der Waals surface area contributed by atoms with Crippen LogP contribution >= 0.6 is 0 Å². The van der Waals surface area contributed by atoms with Crippen molar-refractivity contribution in [1.29, 1.82) is 0 Å². The Kier molecular flexibility index (Phi) is 2.78. The van der Waals surface area contributed by atoms with Gasteiger partial charge in [-0.2, -0.15) is 0 Å². The summed E-state index contributed by atoms with van der Waals surface area (Å²) in [5, 5.41) is 3.92. The molecule has 0 aliphatic carbocycles. The standard InChI is InChI=1S/C18H13N3O2/c1-9-8-10(2)20-16(19-9)12-7-6-11-4-3-5-13-14(11)15(12)18(23)21-17(13)22/h3-8H,1-2H3,(H,21,22,23). The predicted molar refractivity (Wildman–Crippen MR) is 86.2 cm³/mol. The first-order valence-corrected chi connectivity index (χ1v) is 7.28. The zero-order valence-electron chi connectivity index (χ0n) is 12.7. The molecule has 5 heteroatoms. The molecule has 4 rings (SSSR count).